The second-order valence-corrected chi connectivity index (χ2v) is 4.96. The van der Waals surface area contributed by atoms with Gasteiger partial charge in [0.2, 0.25) is 0 Å². The standard InChI is InChI=1S/C10H16N2S/c1-8-11-10(7-13-8)9-4-3-5-12(2)6-9/h7,9H,3-6H2,1-2H3. The van der Waals surface area contributed by atoms with Crippen LogP contribution in [0.1, 0.15) is 29.5 Å². The first-order chi connectivity index (χ1) is 6.25. The maximum Gasteiger partial charge on any atom is 0.0897 e. The lowest BCUT2D eigenvalue weighted by molar-refractivity contribution is 0.249. The van der Waals surface area contributed by atoms with Gasteiger partial charge in [0, 0.05) is 17.8 Å². The lowest BCUT2D eigenvalue weighted by Crippen LogP contribution is -2.30. The van der Waals surface area contributed by atoms with Crippen molar-refractivity contribution in [3.63, 3.8) is 0 Å². The highest BCUT2D eigenvalue weighted by Crippen LogP contribution is 2.26. The van der Waals surface area contributed by atoms with Crippen LogP contribution in [0.3, 0.4) is 0 Å². The first-order valence-electron chi connectivity index (χ1n) is 4.86. The van der Waals surface area contributed by atoms with Crippen molar-refractivity contribution in [2.75, 3.05) is 20.1 Å². The Morgan fingerprint density at radius 1 is 1.62 bits per heavy atom. The molecule has 0 N–H and O–H groups in total. The van der Waals surface area contributed by atoms with Crippen LogP contribution in [0.25, 0.3) is 0 Å². The topological polar surface area (TPSA) is 16.1 Å². The molecule has 2 heterocycles. The summed E-state index contributed by atoms with van der Waals surface area (Å²) in [7, 11) is 2.20. The van der Waals surface area contributed by atoms with Crippen molar-refractivity contribution in [3.05, 3.63) is 16.1 Å². The summed E-state index contributed by atoms with van der Waals surface area (Å²) >= 11 is 1.77. The van der Waals surface area contributed by atoms with Crippen molar-refractivity contribution < 1.29 is 0 Å². The Kier molecular flexibility index (Phi) is 2.65. The zero-order chi connectivity index (χ0) is 9.26. The Labute approximate surface area is 83.6 Å². The van der Waals surface area contributed by atoms with E-state index in [-0.39, 0.29) is 0 Å². The van der Waals surface area contributed by atoms with Gasteiger partial charge in [0.05, 0.1) is 10.7 Å². The van der Waals surface area contributed by atoms with Crippen LogP contribution in [0.2, 0.25) is 0 Å². The summed E-state index contributed by atoms with van der Waals surface area (Å²) in [6.45, 7) is 4.52. The first-order valence-corrected chi connectivity index (χ1v) is 5.74. The van der Waals surface area contributed by atoms with Crippen LogP contribution in [0.5, 0.6) is 0 Å². The molecule has 1 saturated heterocycles. The molecule has 0 spiro atoms. The van der Waals surface area contributed by atoms with Gasteiger partial charge in [0.1, 0.15) is 0 Å². The molecule has 13 heavy (non-hydrogen) atoms. The van der Waals surface area contributed by atoms with Crippen LogP contribution in [-0.4, -0.2) is 30.0 Å². The molecule has 0 aliphatic carbocycles. The fraction of sp³-hybridized carbons (Fsp3) is 0.700. The third kappa shape index (κ3) is 2.09. The third-order valence-electron chi connectivity index (χ3n) is 2.68. The minimum Gasteiger partial charge on any atom is -0.306 e. The maximum atomic E-state index is 4.56. The quantitative estimate of drug-likeness (QED) is 0.685. The number of rotatable bonds is 1. The van der Waals surface area contributed by atoms with Gasteiger partial charge in [-0.3, -0.25) is 0 Å². The fourth-order valence-electron chi connectivity index (χ4n) is 1.98. The zero-order valence-electron chi connectivity index (χ0n) is 8.29. The highest BCUT2D eigenvalue weighted by atomic mass is 32.1. The van der Waals surface area contributed by atoms with Gasteiger partial charge in [-0.25, -0.2) is 4.98 Å². The van der Waals surface area contributed by atoms with E-state index in [0.29, 0.717) is 5.92 Å². The number of likely N-dealkylation sites (N-methyl/N-ethyl adjacent to an activating group) is 1. The van der Waals surface area contributed by atoms with E-state index in [1.54, 1.807) is 11.3 Å². The van der Waals surface area contributed by atoms with Gasteiger partial charge in [0.15, 0.2) is 0 Å². The van der Waals surface area contributed by atoms with Crippen LogP contribution in [-0.2, 0) is 0 Å². The summed E-state index contributed by atoms with van der Waals surface area (Å²) in [4.78, 5) is 6.97. The molecule has 1 fully saturated rings. The zero-order valence-corrected chi connectivity index (χ0v) is 9.10. The van der Waals surface area contributed by atoms with Gasteiger partial charge in [-0.15, -0.1) is 11.3 Å². The van der Waals surface area contributed by atoms with Crippen LogP contribution in [0, 0.1) is 6.92 Å². The summed E-state index contributed by atoms with van der Waals surface area (Å²) in [5.74, 6) is 0.684. The molecule has 0 bridgehead atoms. The summed E-state index contributed by atoms with van der Waals surface area (Å²) in [6.07, 6.45) is 2.63. The molecule has 0 radical (unpaired) electrons. The van der Waals surface area contributed by atoms with Crippen LogP contribution >= 0.6 is 11.3 Å². The summed E-state index contributed by atoms with van der Waals surface area (Å²) < 4.78 is 0. The molecule has 1 aromatic rings. The molecule has 1 unspecified atom stereocenters. The van der Waals surface area contributed by atoms with E-state index < -0.39 is 0 Å². The molecule has 2 rings (SSSR count). The van der Waals surface area contributed by atoms with Crippen LogP contribution < -0.4 is 0 Å². The predicted octanol–water partition coefficient (Wildman–Crippen LogP) is 2.26. The molecule has 72 valence electrons. The lowest BCUT2D eigenvalue weighted by Gasteiger charge is -2.28. The average molecular weight is 196 g/mol. The van der Waals surface area contributed by atoms with E-state index in [9.17, 15) is 0 Å². The van der Waals surface area contributed by atoms with Gasteiger partial charge in [-0.1, -0.05) is 0 Å². The number of hydrogen-bond donors (Lipinski definition) is 0. The minimum atomic E-state index is 0.684. The third-order valence-corrected chi connectivity index (χ3v) is 3.47. The smallest absolute Gasteiger partial charge is 0.0897 e. The molecule has 1 aliphatic rings. The molecule has 1 aromatic heterocycles. The van der Waals surface area contributed by atoms with Crippen molar-refractivity contribution in [3.8, 4) is 0 Å². The Balaban J connectivity index is 2.08. The summed E-state index contributed by atoms with van der Waals surface area (Å²) in [5.41, 5.74) is 1.31. The van der Waals surface area contributed by atoms with Crippen molar-refractivity contribution in [1.29, 1.82) is 0 Å². The van der Waals surface area contributed by atoms with Gasteiger partial charge >= 0.3 is 0 Å². The molecule has 0 aromatic carbocycles. The van der Waals surface area contributed by atoms with Crippen LogP contribution in [0.4, 0.5) is 0 Å². The van der Waals surface area contributed by atoms with Gasteiger partial charge in [-0.2, -0.15) is 0 Å². The van der Waals surface area contributed by atoms with Crippen LogP contribution in [0.15, 0.2) is 5.38 Å². The number of aromatic nitrogens is 1. The van der Waals surface area contributed by atoms with E-state index in [4.69, 9.17) is 0 Å². The molecule has 0 amide bonds. The molecular formula is C10H16N2S. The molecule has 1 atom stereocenters. The van der Waals surface area contributed by atoms with Gasteiger partial charge < -0.3 is 4.90 Å². The number of piperidine rings is 1. The van der Waals surface area contributed by atoms with Crippen molar-refractivity contribution in [2.24, 2.45) is 0 Å². The summed E-state index contributed by atoms with van der Waals surface area (Å²) in [6, 6.07) is 0. The van der Waals surface area contributed by atoms with E-state index in [1.165, 1.54) is 36.6 Å². The number of hydrogen-bond acceptors (Lipinski definition) is 3. The Bertz CT molecular complexity index is 282. The number of likely N-dealkylation sites (tertiary alicyclic amines) is 1. The molecular weight excluding hydrogens is 180 g/mol. The largest absolute Gasteiger partial charge is 0.306 e. The Morgan fingerprint density at radius 3 is 3.08 bits per heavy atom. The van der Waals surface area contributed by atoms with E-state index in [2.05, 4.69) is 29.2 Å². The molecule has 3 heteroatoms. The minimum absolute atomic E-state index is 0.684. The second-order valence-electron chi connectivity index (χ2n) is 3.89. The summed E-state index contributed by atoms with van der Waals surface area (Å²) in [5, 5.41) is 3.42. The SMILES string of the molecule is Cc1nc(C2CCCN(C)C2)cs1. The Morgan fingerprint density at radius 2 is 2.46 bits per heavy atom. The molecule has 1 aliphatic heterocycles. The van der Waals surface area contributed by atoms with Gasteiger partial charge in [0.25, 0.3) is 0 Å². The van der Waals surface area contributed by atoms with E-state index >= 15 is 0 Å². The van der Waals surface area contributed by atoms with E-state index in [1.807, 2.05) is 0 Å². The monoisotopic (exact) mass is 196 g/mol. The number of thiazole rings is 1. The Hall–Kier alpha value is -0.410. The van der Waals surface area contributed by atoms with Crippen molar-refractivity contribution >= 4 is 11.3 Å². The highest BCUT2D eigenvalue weighted by Gasteiger charge is 2.20. The van der Waals surface area contributed by atoms with Crippen molar-refractivity contribution in [1.82, 2.24) is 9.88 Å². The first kappa shape index (κ1) is 9.16. The predicted molar refractivity (Wildman–Crippen MR) is 56.3 cm³/mol. The second kappa shape index (κ2) is 3.76. The number of aryl methyl sites for hydroxylation is 1. The van der Waals surface area contributed by atoms with Crippen molar-refractivity contribution in [2.45, 2.75) is 25.7 Å². The number of nitrogens with zero attached hydrogens (tertiary/aromatic N) is 2. The maximum absolute atomic E-state index is 4.56. The lowest BCUT2D eigenvalue weighted by atomic mass is 9.96. The average Bonchev–Trinajstić information content (AvgIpc) is 2.52. The molecule has 0 saturated carbocycles. The molecule has 2 nitrogen and oxygen atoms in total. The fourth-order valence-corrected chi connectivity index (χ4v) is 2.67. The van der Waals surface area contributed by atoms with Gasteiger partial charge in [-0.05, 0) is 33.4 Å². The highest BCUT2D eigenvalue weighted by molar-refractivity contribution is 7.09. The van der Waals surface area contributed by atoms with E-state index in [0.717, 1.165) is 0 Å². The normalized spacial score (nSPS) is 24.9.